The molecule has 0 saturated carbocycles. The summed E-state index contributed by atoms with van der Waals surface area (Å²) in [6, 6.07) is 21.0. The fraction of sp³-hybridized carbons (Fsp3) is 0.103. The van der Waals surface area contributed by atoms with E-state index in [-0.39, 0.29) is 45.1 Å². The van der Waals surface area contributed by atoms with E-state index in [1.165, 1.54) is 6.07 Å². The molecule has 10 heteroatoms. The second-order valence-electron chi connectivity index (χ2n) is 8.00. The lowest BCUT2D eigenvalue weighted by Crippen LogP contribution is -2.14. The summed E-state index contributed by atoms with van der Waals surface area (Å²) < 4.78 is 11.9. The monoisotopic (exact) mass is 622 g/mol. The van der Waals surface area contributed by atoms with Gasteiger partial charge in [-0.2, -0.15) is 5.26 Å². The van der Waals surface area contributed by atoms with E-state index in [0.29, 0.717) is 16.9 Å². The molecule has 1 heterocycles. The van der Waals surface area contributed by atoms with Crippen LogP contribution < -0.4 is 4.74 Å². The van der Waals surface area contributed by atoms with Crippen molar-refractivity contribution in [3.8, 4) is 11.8 Å². The highest BCUT2D eigenvalue weighted by molar-refractivity contribution is 9.10. The van der Waals surface area contributed by atoms with Gasteiger partial charge in [-0.25, -0.2) is 9.79 Å². The average molecular weight is 624 g/mol. The lowest BCUT2D eigenvalue weighted by molar-refractivity contribution is -0.138. The number of aliphatic hydroxyl groups is 1. The third-order valence-electron chi connectivity index (χ3n) is 5.46. The number of benzene rings is 3. The predicted octanol–water partition coefficient (Wildman–Crippen LogP) is 7.25. The van der Waals surface area contributed by atoms with Crippen LogP contribution in [0.3, 0.4) is 0 Å². The van der Waals surface area contributed by atoms with Gasteiger partial charge in [0.1, 0.15) is 28.7 Å². The summed E-state index contributed by atoms with van der Waals surface area (Å²) >= 11 is 10.5. The molecule has 0 bridgehead atoms. The van der Waals surface area contributed by atoms with Gasteiger partial charge in [-0.15, -0.1) is 0 Å². The molecule has 0 unspecified atom stereocenters. The molecule has 7 nitrogen and oxygen atoms in total. The minimum absolute atomic E-state index is 0.0115. The Morgan fingerprint density at radius 2 is 1.90 bits per heavy atom. The summed E-state index contributed by atoms with van der Waals surface area (Å²) in [5.74, 6) is -1.37. The molecule has 3 aromatic carbocycles. The van der Waals surface area contributed by atoms with E-state index < -0.39 is 11.9 Å². The number of thioether (sulfide) groups is 1. The molecule has 1 aliphatic rings. The number of rotatable bonds is 7. The van der Waals surface area contributed by atoms with Gasteiger partial charge in [-0.3, -0.25) is 4.79 Å². The largest absolute Gasteiger partial charge is 0.506 e. The second-order valence-corrected chi connectivity index (χ2v) is 10.3. The third kappa shape index (κ3) is 6.60. The highest BCUT2D eigenvalue weighted by atomic mass is 79.9. The first-order chi connectivity index (χ1) is 18.8. The van der Waals surface area contributed by atoms with Crippen LogP contribution in [0, 0.1) is 11.3 Å². The second kappa shape index (κ2) is 12.8. The fourth-order valence-electron chi connectivity index (χ4n) is 3.59. The molecule has 0 aromatic heterocycles. The first-order valence-electron chi connectivity index (χ1n) is 11.6. The number of aliphatic hydroxyl groups excluding tert-OH is 1. The van der Waals surface area contributed by atoms with Crippen LogP contribution in [-0.2, 0) is 16.1 Å². The molecule has 1 amide bonds. The molecule has 0 fully saturated rings. The molecule has 0 saturated heterocycles. The predicted molar refractivity (Wildman–Crippen MR) is 155 cm³/mol. The molecular weight excluding hydrogens is 604 g/mol. The van der Waals surface area contributed by atoms with Crippen LogP contribution in [0.5, 0.6) is 5.75 Å². The minimum Gasteiger partial charge on any atom is -0.506 e. The third-order valence-corrected chi connectivity index (χ3v) is 7.30. The number of carbonyl (C=O) groups excluding carboxylic acids is 2. The van der Waals surface area contributed by atoms with Crippen LogP contribution >= 0.6 is 39.3 Å². The maximum Gasteiger partial charge on any atom is 0.344 e. The number of carbonyl (C=O) groups is 2. The normalized spacial score (nSPS) is 14.9. The van der Waals surface area contributed by atoms with Gasteiger partial charge in [0.15, 0.2) is 0 Å². The number of halogens is 2. The first kappa shape index (κ1) is 28.2. The van der Waals surface area contributed by atoms with Crippen molar-refractivity contribution >= 4 is 62.3 Å². The molecular formula is C29H20BrClN2O5S. The Bertz CT molecular complexity index is 1590. The number of esters is 1. The average Bonchev–Trinajstić information content (AvgIpc) is 3.22. The van der Waals surface area contributed by atoms with Gasteiger partial charge in [0.25, 0.3) is 5.91 Å². The van der Waals surface area contributed by atoms with E-state index in [1.54, 1.807) is 67.6 Å². The van der Waals surface area contributed by atoms with E-state index >= 15 is 0 Å². The lowest BCUT2D eigenvalue weighted by Gasteiger charge is -2.11. The van der Waals surface area contributed by atoms with Crippen molar-refractivity contribution in [2.75, 3.05) is 6.61 Å². The van der Waals surface area contributed by atoms with Crippen molar-refractivity contribution < 1.29 is 24.2 Å². The van der Waals surface area contributed by atoms with Gasteiger partial charge in [0.2, 0.25) is 0 Å². The number of nitriles is 1. The van der Waals surface area contributed by atoms with Crippen molar-refractivity contribution in [2.45, 2.75) is 13.5 Å². The van der Waals surface area contributed by atoms with Gasteiger partial charge in [-0.05, 0) is 49.4 Å². The number of hydrogen-bond acceptors (Lipinski definition) is 7. The standard InChI is InChI=1S/C29H20BrClN2O5S/c1-2-37-29(36)25-26(34)24(39-28(25)33-27(35)21-9-5-6-10-22(21)31)14-19-13-20(30)11-12-23(19)38-16-18-8-4-3-7-17(18)15-32/h3-14,34H,2,16H2,1H3/b24-14-,33-28?. The van der Waals surface area contributed by atoms with Crippen LogP contribution in [-0.4, -0.2) is 28.6 Å². The highest BCUT2D eigenvalue weighted by Gasteiger charge is 2.34. The Kier molecular flexibility index (Phi) is 9.25. The van der Waals surface area contributed by atoms with Crippen LogP contribution in [0.4, 0.5) is 0 Å². The van der Waals surface area contributed by atoms with Crippen molar-refractivity contribution in [1.29, 1.82) is 5.26 Å². The Morgan fingerprint density at radius 3 is 2.64 bits per heavy atom. The summed E-state index contributed by atoms with van der Waals surface area (Å²) in [6.07, 6.45) is 1.62. The van der Waals surface area contributed by atoms with Gasteiger partial charge < -0.3 is 14.6 Å². The molecule has 1 aliphatic heterocycles. The van der Waals surface area contributed by atoms with Crippen LogP contribution in [0.2, 0.25) is 5.02 Å². The van der Waals surface area contributed by atoms with Gasteiger partial charge in [0, 0.05) is 15.6 Å². The SMILES string of the molecule is CCOC(=O)C1=C(O)/C(=C/c2cc(Br)ccc2OCc2ccccc2C#N)SC1=NC(=O)c1ccccc1Cl. The van der Waals surface area contributed by atoms with Crippen molar-refractivity contribution in [1.82, 2.24) is 0 Å². The summed E-state index contributed by atoms with van der Waals surface area (Å²) in [4.78, 5) is 30.0. The van der Waals surface area contributed by atoms with Crippen molar-refractivity contribution in [3.05, 3.63) is 115 Å². The number of nitrogens with zero attached hydrogens (tertiary/aromatic N) is 2. The zero-order chi connectivity index (χ0) is 27.9. The molecule has 0 radical (unpaired) electrons. The Labute approximate surface area is 242 Å². The first-order valence-corrected chi connectivity index (χ1v) is 13.6. The molecule has 39 heavy (non-hydrogen) atoms. The van der Waals surface area contributed by atoms with E-state index in [9.17, 15) is 20.0 Å². The molecule has 0 spiro atoms. The zero-order valence-electron chi connectivity index (χ0n) is 20.5. The maximum absolute atomic E-state index is 12.9. The molecule has 4 rings (SSSR count). The molecule has 3 aromatic rings. The van der Waals surface area contributed by atoms with Gasteiger partial charge in [-0.1, -0.05) is 69.6 Å². The Morgan fingerprint density at radius 1 is 1.15 bits per heavy atom. The topological polar surface area (TPSA) is 109 Å². The summed E-state index contributed by atoms with van der Waals surface area (Å²) in [5, 5.41) is 20.6. The maximum atomic E-state index is 12.9. The van der Waals surface area contributed by atoms with Crippen LogP contribution in [0.25, 0.3) is 6.08 Å². The zero-order valence-corrected chi connectivity index (χ0v) is 23.6. The number of amides is 1. The highest BCUT2D eigenvalue weighted by Crippen LogP contribution is 2.41. The van der Waals surface area contributed by atoms with E-state index in [4.69, 9.17) is 21.1 Å². The molecule has 1 N–H and O–H groups in total. The molecule has 0 atom stereocenters. The quantitative estimate of drug-likeness (QED) is 0.276. The number of hydrogen-bond donors (Lipinski definition) is 1. The summed E-state index contributed by atoms with van der Waals surface area (Å²) in [6.45, 7) is 1.85. The smallest absolute Gasteiger partial charge is 0.344 e. The van der Waals surface area contributed by atoms with Crippen molar-refractivity contribution in [3.63, 3.8) is 0 Å². The van der Waals surface area contributed by atoms with E-state index in [0.717, 1.165) is 21.8 Å². The summed E-state index contributed by atoms with van der Waals surface area (Å²) in [7, 11) is 0. The van der Waals surface area contributed by atoms with Crippen molar-refractivity contribution in [2.24, 2.45) is 4.99 Å². The van der Waals surface area contributed by atoms with Gasteiger partial charge in [0.05, 0.1) is 33.7 Å². The number of aliphatic imine (C=N–C) groups is 1. The van der Waals surface area contributed by atoms with E-state index in [2.05, 4.69) is 27.0 Å². The van der Waals surface area contributed by atoms with E-state index in [1.807, 2.05) is 6.07 Å². The van der Waals surface area contributed by atoms with Crippen LogP contribution in [0.15, 0.2) is 92.4 Å². The molecule has 196 valence electrons. The Balaban J connectivity index is 1.71. The van der Waals surface area contributed by atoms with Crippen LogP contribution in [0.1, 0.15) is 34.0 Å². The van der Waals surface area contributed by atoms with Gasteiger partial charge >= 0.3 is 5.97 Å². The fourth-order valence-corrected chi connectivity index (χ4v) is 5.19. The summed E-state index contributed by atoms with van der Waals surface area (Å²) in [5.41, 5.74) is 1.75. The lowest BCUT2D eigenvalue weighted by atomic mass is 10.1. The Hall–Kier alpha value is -3.84. The molecule has 0 aliphatic carbocycles. The minimum atomic E-state index is -0.810. The number of ether oxygens (including phenoxy) is 2.